The summed E-state index contributed by atoms with van der Waals surface area (Å²) in [6, 6.07) is 42.3. The predicted octanol–water partition coefficient (Wildman–Crippen LogP) is 8.38. The van der Waals surface area contributed by atoms with E-state index in [1.165, 1.54) is 11.3 Å². The molecule has 0 bridgehead atoms. The van der Waals surface area contributed by atoms with Crippen molar-refractivity contribution in [2.75, 3.05) is 16.3 Å². The summed E-state index contributed by atoms with van der Waals surface area (Å²) >= 11 is 0. The highest BCUT2D eigenvalue weighted by Crippen LogP contribution is 2.48. The summed E-state index contributed by atoms with van der Waals surface area (Å²) < 4.78 is 12.4. The van der Waals surface area contributed by atoms with Crippen LogP contribution in [0.1, 0.15) is 27.0 Å². The van der Waals surface area contributed by atoms with Crippen LogP contribution in [0.15, 0.2) is 127 Å². The Morgan fingerprint density at radius 2 is 1.30 bits per heavy atom. The van der Waals surface area contributed by atoms with Crippen molar-refractivity contribution in [1.29, 1.82) is 0 Å². The molecule has 6 aromatic rings. The van der Waals surface area contributed by atoms with Gasteiger partial charge in [-0.05, 0) is 53.4 Å². The number of carbonyl (C=O) groups is 1. The second-order valence-corrected chi connectivity index (χ2v) is 11.0. The van der Waals surface area contributed by atoms with Gasteiger partial charge in [0.25, 0.3) is 5.91 Å². The molecule has 214 valence electrons. The van der Waals surface area contributed by atoms with Gasteiger partial charge in [0.05, 0.1) is 11.3 Å². The lowest BCUT2D eigenvalue weighted by Crippen LogP contribution is -2.22. The van der Waals surface area contributed by atoms with Gasteiger partial charge in [-0.3, -0.25) is 9.69 Å². The Labute approximate surface area is 255 Å². The third kappa shape index (κ3) is 4.52. The highest BCUT2D eigenvalue weighted by atomic mass is 16.5. The lowest BCUT2D eigenvalue weighted by molar-refractivity contribution is 0.100. The van der Waals surface area contributed by atoms with Crippen molar-refractivity contribution in [3.05, 3.63) is 150 Å². The molecule has 0 fully saturated rings. The van der Waals surface area contributed by atoms with Crippen molar-refractivity contribution in [1.82, 2.24) is 4.98 Å². The predicted molar refractivity (Wildman–Crippen MR) is 173 cm³/mol. The van der Waals surface area contributed by atoms with E-state index in [9.17, 15) is 4.79 Å². The van der Waals surface area contributed by atoms with Gasteiger partial charge in [0, 0.05) is 34.8 Å². The Bertz CT molecular complexity index is 2010. The first kappa shape index (κ1) is 26.0. The van der Waals surface area contributed by atoms with E-state index >= 15 is 0 Å². The highest BCUT2D eigenvalue weighted by molar-refractivity contribution is 6.29. The number of fused-ring (bicyclic) bond motifs is 1. The molecule has 3 heterocycles. The van der Waals surface area contributed by atoms with Crippen LogP contribution in [0.4, 0.5) is 22.7 Å². The van der Waals surface area contributed by atoms with Gasteiger partial charge in [0.1, 0.15) is 18.9 Å². The average molecular weight is 576 g/mol. The molecule has 0 N–H and O–H groups in total. The zero-order chi connectivity index (χ0) is 29.5. The quantitative estimate of drug-likeness (QED) is 0.182. The number of amides is 1. The zero-order valence-corrected chi connectivity index (χ0v) is 24.0. The molecular weight excluding hydrogens is 546 g/mol. The van der Waals surface area contributed by atoms with Gasteiger partial charge in [-0.15, -0.1) is 0 Å². The van der Waals surface area contributed by atoms with Gasteiger partial charge < -0.3 is 14.4 Å². The second-order valence-electron chi connectivity index (χ2n) is 11.0. The van der Waals surface area contributed by atoms with Crippen molar-refractivity contribution >= 4 is 39.4 Å². The smallest absolute Gasteiger partial charge is 0.263 e. The van der Waals surface area contributed by atoms with Gasteiger partial charge in [0.2, 0.25) is 11.8 Å². The molecular formula is C38H29N3O3. The SMILES string of the molecule is O=C1c2ccc(N3CCc4ccccc43)c3cccc(c23)N1c1ccc(OCc2ccccc2)nc1OCc1ccccc1. The maximum Gasteiger partial charge on any atom is 0.263 e. The minimum atomic E-state index is -0.103. The largest absolute Gasteiger partial charge is 0.473 e. The standard InChI is InChI=1S/C38H29N3O3/c42-38-30-18-19-32(40-23-22-28-14-7-8-16-31(28)40)29-15-9-17-33(36(29)30)41(38)34-20-21-35(43-24-26-10-3-1-4-11-26)39-37(34)44-25-27-12-5-2-6-13-27/h1-21H,22-25H2. The second kappa shape index (κ2) is 10.9. The molecule has 6 heteroatoms. The van der Waals surface area contributed by atoms with E-state index < -0.39 is 0 Å². The van der Waals surface area contributed by atoms with Crippen molar-refractivity contribution in [2.45, 2.75) is 19.6 Å². The first-order valence-corrected chi connectivity index (χ1v) is 14.8. The lowest BCUT2D eigenvalue weighted by Gasteiger charge is -2.22. The normalized spacial score (nSPS) is 13.4. The molecule has 0 saturated heterocycles. The number of rotatable bonds is 8. The summed E-state index contributed by atoms with van der Waals surface area (Å²) in [6.07, 6.45) is 0.997. The number of hydrogen-bond acceptors (Lipinski definition) is 5. The topological polar surface area (TPSA) is 54.9 Å². The summed E-state index contributed by atoms with van der Waals surface area (Å²) in [5.74, 6) is 0.665. The maximum atomic E-state index is 14.1. The van der Waals surface area contributed by atoms with Crippen molar-refractivity contribution < 1.29 is 14.3 Å². The number of aromatic nitrogens is 1. The van der Waals surface area contributed by atoms with Crippen LogP contribution in [-0.2, 0) is 19.6 Å². The number of carbonyl (C=O) groups excluding carboxylic acids is 1. The molecule has 0 unspecified atom stereocenters. The Morgan fingerprint density at radius 3 is 2.09 bits per heavy atom. The van der Waals surface area contributed by atoms with Crippen molar-refractivity contribution in [2.24, 2.45) is 0 Å². The van der Waals surface area contributed by atoms with Crippen LogP contribution in [0.5, 0.6) is 11.8 Å². The zero-order valence-electron chi connectivity index (χ0n) is 24.0. The molecule has 5 aromatic carbocycles. The summed E-state index contributed by atoms with van der Waals surface area (Å²) in [6.45, 7) is 1.59. The van der Waals surface area contributed by atoms with Gasteiger partial charge in [-0.2, -0.15) is 4.98 Å². The molecule has 0 atom stereocenters. The number of para-hydroxylation sites is 1. The maximum absolute atomic E-state index is 14.1. The number of nitrogens with zero attached hydrogens (tertiary/aromatic N) is 3. The highest BCUT2D eigenvalue weighted by Gasteiger charge is 2.35. The summed E-state index contributed by atoms with van der Waals surface area (Å²) in [4.78, 5) is 23.0. The van der Waals surface area contributed by atoms with Crippen LogP contribution >= 0.6 is 0 Å². The van der Waals surface area contributed by atoms with Gasteiger partial charge in [-0.25, -0.2) is 0 Å². The van der Waals surface area contributed by atoms with E-state index in [0.29, 0.717) is 36.2 Å². The first-order valence-electron chi connectivity index (χ1n) is 14.8. The molecule has 0 aliphatic carbocycles. The third-order valence-corrected chi connectivity index (χ3v) is 8.35. The first-order chi connectivity index (χ1) is 21.7. The Morgan fingerprint density at radius 1 is 0.614 bits per heavy atom. The molecule has 1 amide bonds. The van der Waals surface area contributed by atoms with Gasteiger partial charge >= 0.3 is 0 Å². The van der Waals surface area contributed by atoms with Crippen molar-refractivity contribution in [3.63, 3.8) is 0 Å². The molecule has 6 nitrogen and oxygen atoms in total. The van der Waals surface area contributed by atoms with Crippen LogP contribution < -0.4 is 19.3 Å². The third-order valence-electron chi connectivity index (χ3n) is 8.35. The lowest BCUT2D eigenvalue weighted by atomic mass is 10.0. The fourth-order valence-corrected chi connectivity index (χ4v) is 6.26. The number of pyridine rings is 1. The molecule has 0 radical (unpaired) electrons. The Hall–Kier alpha value is -5.62. The molecule has 8 rings (SSSR count). The molecule has 44 heavy (non-hydrogen) atoms. The van der Waals surface area contributed by atoms with E-state index in [0.717, 1.165) is 46.2 Å². The number of hydrogen-bond donors (Lipinski definition) is 0. The Kier molecular flexibility index (Phi) is 6.45. The molecule has 1 aromatic heterocycles. The van der Waals surface area contributed by atoms with Crippen LogP contribution in [0.2, 0.25) is 0 Å². The molecule has 2 aliphatic heterocycles. The summed E-state index contributed by atoms with van der Waals surface area (Å²) in [5, 5.41) is 1.99. The van der Waals surface area contributed by atoms with Crippen LogP contribution in [0, 0.1) is 0 Å². The summed E-state index contributed by atoms with van der Waals surface area (Å²) in [7, 11) is 0. The van der Waals surface area contributed by atoms with Gasteiger partial charge in [-0.1, -0.05) is 91.0 Å². The molecule has 2 aliphatic rings. The van der Waals surface area contributed by atoms with E-state index in [4.69, 9.17) is 14.5 Å². The van der Waals surface area contributed by atoms with E-state index in [1.54, 1.807) is 11.0 Å². The minimum Gasteiger partial charge on any atom is -0.473 e. The number of benzene rings is 5. The minimum absolute atomic E-state index is 0.103. The van der Waals surface area contributed by atoms with Crippen LogP contribution in [0.25, 0.3) is 10.8 Å². The van der Waals surface area contributed by atoms with Crippen LogP contribution in [0.3, 0.4) is 0 Å². The fraction of sp³-hybridized carbons (Fsp3) is 0.105. The Balaban J connectivity index is 1.19. The summed E-state index contributed by atoms with van der Waals surface area (Å²) in [5.41, 5.74) is 7.79. The number of ether oxygens (including phenoxy) is 2. The fourth-order valence-electron chi connectivity index (χ4n) is 6.26. The average Bonchev–Trinajstić information content (AvgIpc) is 3.63. The van der Waals surface area contributed by atoms with Crippen LogP contribution in [-0.4, -0.2) is 17.4 Å². The molecule has 0 spiro atoms. The van der Waals surface area contributed by atoms with Gasteiger partial charge in [0.15, 0.2) is 0 Å². The molecule has 0 saturated carbocycles. The van der Waals surface area contributed by atoms with E-state index in [2.05, 4.69) is 41.3 Å². The number of anilines is 4. The van der Waals surface area contributed by atoms with E-state index in [-0.39, 0.29) is 5.91 Å². The van der Waals surface area contributed by atoms with Crippen molar-refractivity contribution in [3.8, 4) is 11.8 Å². The monoisotopic (exact) mass is 575 g/mol. The van der Waals surface area contributed by atoms with E-state index in [1.807, 2.05) is 84.9 Å².